The van der Waals surface area contributed by atoms with Crippen molar-refractivity contribution in [3.63, 3.8) is 0 Å². The van der Waals surface area contributed by atoms with Crippen LogP contribution in [-0.2, 0) is 10.0 Å². The topological polar surface area (TPSA) is 81.4 Å². The minimum absolute atomic E-state index is 0.0340. The van der Waals surface area contributed by atoms with Crippen molar-refractivity contribution in [1.82, 2.24) is 4.72 Å². The van der Waals surface area contributed by atoms with E-state index in [-0.39, 0.29) is 16.7 Å². The van der Waals surface area contributed by atoms with Gasteiger partial charge in [-0.1, -0.05) is 0 Å². The highest BCUT2D eigenvalue weighted by Gasteiger charge is 2.25. The fourth-order valence-electron chi connectivity index (χ4n) is 2.04. The lowest BCUT2D eigenvalue weighted by Crippen LogP contribution is -2.38. The molecule has 20 heavy (non-hydrogen) atoms. The van der Waals surface area contributed by atoms with Gasteiger partial charge in [-0.3, -0.25) is 0 Å². The van der Waals surface area contributed by atoms with Crippen LogP contribution in [0.25, 0.3) is 0 Å². The van der Waals surface area contributed by atoms with E-state index in [4.69, 9.17) is 10.5 Å². The minimum atomic E-state index is -3.63. The van der Waals surface area contributed by atoms with E-state index in [1.165, 1.54) is 13.2 Å². The molecule has 1 atom stereocenters. The molecule has 1 aromatic rings. The van der Waals surface area contributed by atoms with Crippen LogP contribution in [0.15, 0.2) is 21.5 Å². The Bertz CT molecular complexity index is 587. The van der Waals surface area contributed by atoms with Gasteiger partial charge in [0.1, 0.15) is 10.6 Å². The molecule has 3 N–H and O–H groups in total. The fourth-order valence-corrected chi connectivity index (χ4v) is 4.99. The number of nitrogen functional groups attached to an aromatic ring is 1. The number of sulfonamides is 1. The lowest BCUT2D eigenvalue weighted by molar-refractivity contribution is 0.401. The number of hydrogen-bond acceptors (Lipinski definition) is 5. The van der Waals surface area contributed by atoms with Crippen LogP contribution in [0.3, 0.4) is 0 Å². The molecule has 1 unspecified atom stereocenters. The van der Waals surface area contributed by atoms with E-state index in [0.717, 1.165) is 24.3 Å². The minimum Gasteiger partial charge on any atom is -0.495 e. The molecule has 1 aliphatic rings. The summed E-state index contributed by atoms with van der Waals surface area (Å²) in [6, 6.07) is 2.95. The van der Waals surface area contributed by atoms with Crippen LogP contribution < -0.4 is 15.2 Å². The Morgan fingerprint density at radius 3 is 2.85 bits per heavy atom. The Balaban J connectivity index is 2.30. The second-order valence-electron chi connectivity index (χ2n) is 4.56. The number of nitrogens with two attached hydrogens (primary N) is 1. The number of thioether (sulfide) groups is 1. The quantitative estimate of drug-likeness (QED) is 0.782. The first-order chi connectivity index (χ1) is 9.44. The summed E-state index contributed by atoms with van der Waals surface area (Å²) in [5.74, 6) is 2.17. The molecule has 1 heterocycles. The highest BCUT2D eigenvalue weighted by molar-refractivity contribution is 9.10. The molecule has 0 spiro atoms. The van der Waals surface area contributed by atoms with Gasteiger partial charge in [0.2, 0.25) is 10.0 Å². The lowest BCUT2D eigenvalue weighted by atomic mass is 10.2. The van der Waals surface area contributed by atoms with Crippen molar-refractivity contribution in [2.75, 3.05) is 24.3 Å². The molecule has 8 heteroatoms. The number of methoxy groups -OCH3 is 1. The molecule has 0 amide bonds. The van der Waals surface area contributed by atoms with Gasteiger partial charge in [-0.15, -0.1) is 0 Å². The van der Waals surface area contributed by atoms with E-state index >= 15 is 0 Å². The summed E-state index contributed by atoms with van der Waals surface area (Å²) in [6.07, 6.45) is 1.89. The van der Waals surface area contributed by atoms with Crippen LogP contribution in [-0.4, -0.2) is 33.1 Å². The van der Waals surface area contributed by atoms with E-state index in [2.05, 4.69) is 20.7 Å². The largest absolute Gasteiger partial charge is 0.495 e. The number of anilines is 1. The first-order valence-electron chi connectivity index (χ1n) is 6.17. The molecule has 5 nitrogen and oxygen atoms in total. The van der Waals surface area contributed by atoms with Crippen molar-refractivity contribution in [2.24, 2.45) is 0 Å². The molecular formula is C12H17BrN2O3S2. The average Bonchev–Trinajstić information content (AvgIpc) is 2.42. The molecule has 2 rings (SSSR count). The highest BCUT2D eigenvalue weighted by atomic mass is 79.9. The normalized spacial score (nSPS) is 19.8. The van der Waals surface area contributed by atoms with Crippen molar-refractivity contribution < 1.29 is 13.2 Å². The van der Waals surface area contributed by atoms with Gasteiger partial charge < -0.3 is 10.5 Å². The molecule has 0 bridgehead atoms. The SMILES string of the molecule is COc1cc(Br)c(N)cc1S(=O)(=O)NC1CCCSC1. The second kappa shape index (κ2) is 6.55. The first-order valence-corrected chi connectivity index (χ1v) is 9.60. The zero-order chi connectivity index (χ0) is 14.8. The van der Waals surface area contributed by atoms with Crippen molar-refractivity contribution in [2.45, 2.75) is 23.8 Å². The van der Waals surface area contributed by atoms with Gasteiger partial charge in [-0.25, -0.2) is 13.1 Å². The van der Waals surface area contributed by atoms with Crippen molar-refractivity contribution in [3.8, 4) is 5.75 Å². The van der Waals surface area contributed by atoms with E-state index in [1.54, 1.807) is 17.8 Å². The zero-order valence-electron chi connectivity index (χ0n) is 11.1. The molecule has 0 aromatic heterocycles. The van der Waals surface area contributed by atoms with Crippen LogP contribution in [0.5, 0.6) is 5.75 Å². The molecule has 1 saturated heterocycles. The third-order valence-corrected chi connectivity index (χ3v) is 6.50. The summed E-state index contributed by atoms with van der Waals surface area (Å²) in [6.45, 7) is 0. The maximum absolute atomic E-state index is 12.5. The van der Waals surface area contributed by atoms with Crippen molar-refractivity contribution >= 4 is 43.4 Å². The Morgan fingerprint density at radius 1 is 1.50 bits per heavy atom. The number of hydrogen-bond donors (Lipinski definition) is 2. The monoisotopic (exact) mass is 380 g/mol. The number of halogens is 1. The van der Waals surface area contributed by atoms with Gasteiger partial charge in [-0.2, -0.15) is 11.8 Å². The Kier molecular flexibility index (Phi) is 5.22. The third kappa shape index (κ3) is 3.60. The van der Waals surface area contributed by atoms with Crippen molar-refractivity contribution in [3.05, 3.63) is 16.6 Å². The van der Waals surface area contributed by atoms with Crippen LogP contribution in [0.4, 0.5) is 5.69 Å². The predicted octanol–water partition coefficient (Wildman–Crippen LogP) is 2.21. The maximum atomic E-state index is 12.5. The van der Waals surface area contributed by atoms with Gasteiger partial charge in [0.25, 0.3) is 0 Å². The molecule has 1 aliphatic heterocycles. The molecule has 112 valence electrons. The van der Waals surface area contributed by atoms with E-state index in [9.17, 15) is 8.42 Å². The summed E-state index contributed by atoms with van der Waals surface area (Å²) in [5.41, 5.74) is 6.14. The van der Waals surface area contributed by atoms with E-state index in [0.29, 0.717) is 10.2 Å². The summed E-state index contributed by atoms with van der Waals surface area (Å²) < 4.78 is 33.4. The van der Waals surface area contributed by atoms with Gasteiger partial charge in [0.05, 0.1) is 7.11 Å². The number of benzene rings is 1. The second-order valence-corrected chi connectivity index (χ2v) is 8.25. The van der Waals surface area contributed by atoms with Crippen LogP contribution in [0.1, 0.15) is 12.8 Å². The fraction of sp³-hybridized carbons (Fsp3) is 0.500. The van der Waals surface area contributed by atoms with E-state index in [1.807, 2.05) is 0 Å². The lowest BCUT2D eigenvalue weighted by Gasteiger charge is -2.23. The average molecular weight is 381 g/mol. The van der Waals surface area contributed by atoms with Crippen molar-refractivity contribution in [1.29, 1.82) is 0 Å². The van der Waals surface area contributed by atoms with Gasteiger partial charge >= 0.3 is 0 Å². The molecular weight excluding hydrogens is 364 g/mol. The van der Waals surface area contributed by atoms with E-state index < -0.39 is 10.0 Å². The predicted molar refractivity (Wildman–Crippen MR) is 85.8 cm³/mol. The summed E-state index contributed by atoms with van der Waals surface area (Å²) in [5, 5.41) is 0. The van der Waals surface area contributed by atoms with Crippen LogP contribution >= 0.6 is 27.7 Å². The summed E-state index contributed by atoms with van der Waals surface area (Å²) >= 11 is 5.03. The Morgan fingerprint density at radius 2 is 2.25 bits per heavy atom. The number of nitrogens with one attached hydrogen (secondary N) is 1. The van der Waals surface area contributed by atoms with Gasteiger partial charge in [0.15, 0.2) is 0 Å². The molecule has 1 aromatic carbocycles. The Labute approximate surface area is 131 Å². The molecule has 0 aliphatic carbocycles. The first kappa shape index (κ1) is 15.9. The van der Waals surface area contributed by atoms with Gasteiger partial charge in [0, 0.05) is 22.0 Å². The number of rotatable bonds is 4. The smallest absolute Gasteiger partial charge is 0.244 e. The zero-order valence-corrected chi connectivity index (χ0v) is 14.3. The standard InChI is InChI=1S/C12H17BrN2O3S2/c1-18-11-5-9(13)10(14)6-12(11)20(16,17)15-8-3-2-4-19-7-8/h5-6,8,15H,2-4,7,14H2,1H3. The third-order valence-electron chi connectivity index (χ3n) is 3.05. The molecule has 0 saturated carbocycles. The molecule has 0 radical (unpaired) electrons. The van der Waals surface area contributed by atoms with Crippen LogP contribution in [0.2, 0.25) is 0 Å². The van der Waals surface area contributed by atoms with Gasteiger partial charge in [-0.05, 0) is 46.7 Å². The summed E-state index contributed by atoms with van der Waals surface area (Å²) in [4.78, 5) is 0.0799. The summed E-state index contributed by atoms with van der Waals surface area (Å²) in [7, 11) is -2.19. The molecule has 1 fully saturated rings. The van der Waals surface area contributed by atoms with Crippen LogP contribution in [0, 0.1) is 0 Å². The maximum Gasteiger partial charge on any atom is 0.244 e. The Hall–Kier alpha value is -0.440. The number of ether oxygens (including phenoxy) is 1. The highest BCUT2D eigenvalue weighted by Crippen LogP contribution is 2.32.